The number of oxime groups is 1. The summed E-state index contributed by atoms with van der Waals surface area (Å²) in [6.45, 7) is 17.5. The molecule has 42 heavy (non-hydrogen) atoms. The molecule has 1 fully saturated rings. The van der Waals surface area contributed by atoms with E-state index in [1.807, 2.05) is 55.8 Å². The van der Waals surface area contributed by atoms with Crippen molar-refractivity contribution in [1.82, 2.24) is 30.4 Å². The topological polar surface area (TPSA) is 123 Å². The van der Waals surface area contributed by atoms with Crippen LogP contribution in [0.5, 0.6) is 0 Å². The molecule has 4 rings (SSSR count). The third-order valence-corrected chi connectivity index (χ3v) is 12.0. The summed E-state index contributed by atoms with van der Waals surface area (Å²) in [5, 5.41) is 16.7. The first-order valence-electron chi connectivity index (χ1n) is 14.4. The Hall–Kier alpha value is -3.58. The zero-order chi connectivity index (χ0) is 30.9. The Morgan fingerprint density at radius 1 is 1.14 bits per heavy atom. The SMILES string of the molecule is CN/C(=N\O[Si](C)(C)C(C)(C)C)[C@@H]1c2c(cnn2CCNC(=O)OC(C)(C)C)[C@H]2CN1C(=O)N2OCc1ccccc1. The van der Waals surface area contributed by atoms with Crippen LogP contribution in [-0.2, 0) is 27.3 Å². The predicted molar refractivity (Wildman–Crippen MR) is 162 cm³/mol. The van der Waals surface area contributed by atoms with Crippen LogP contribution in [0.25, 0.3) is 0 Å². The average molecular weight is 600 g/mol. The number of carbonyl (C=O) groups is 2. The van der Waals surface area contributed by atoms with Crippen molar-refractivity contribution in [2.45, 2.75) is 90.5 Å². The number of carbonyl (C=O) groups excluding carboxylic acids is 2. The molecule has 2 aromatic rings. The molecule has 2 aliphatic rings. The maximum Gasteiger partial charge on any atom is 0.407 e. The number of fused-ring (bicyclic) bond motifs is 4. The van der Waals surface area contributed by atoms with Gasteiger partial charge in [0, 0.05) is 19.2 Å². The minimum absolute atomic E-state index is 0.0567. The van der Waals surface area contributed by atoms with Crippen LogP contribution in [0, 0.1) is 0 Å². The third kappa shape index (κ3) is 6.72. The lowest BCUT2D eigenvalue weighted by atomic mass is 9.97. The molecule has 230 valence electrons. The van der Waals surface area contributed by atoms with Gasteiger partial charge in [0.15, 0.2) is 5.84 Å². The van der Waals surface area contributed by atoms with E-state index < -0.39 is 26.1 Å². The van der Waals surface area contributed by atoms with E-state index in [9.17, 15) is 9.59 Å². The van der Waals surface area contributed by atoms with Gasteiger partial charge in [0.25, 0.3) is 8.32 Å². The van der Waals surface area contributed by atoms with Crippen LogP contribution in [0.3, 0.4) is 0 Å². The molecule has 1 aromatic carbocycles. The maximum atomic E-state index is 13.8. The zero-order valence-electron chi connectivity index (χ0n) is 26.2. The van der Waals surface area contributed by atoms with Crippen LogP contribution in [-0.4, -0.2) is 71.8 Å². The molecule has 2 aliphatic heterocycles. The van der Waals surface area contributed by atoms with Crippen LogP contribution in [0.1, 0.15) is 70.4 Å². The fourth-order valence-corrected chi connectivity index (χ4v) is 5.18. The number of likely N-dealkylation sites (N-methyl/N-ethyl adjacent to an activating group) is 1. The highest BCUT2D eigenvalue weighted by atomic mass is 28.4. The van der Waals surface area contributed by atoms with E-state index in [0.717, 1.165) is 16.8 Å². The van der Waals surface area contributed by atoms with Gasteiger partial charge >= 0.3 is 12.1 Å². The van der Waals surface area contributed by atoms with Gasteiger partial charge in [-0.2, -0.15) is 10.2 Å². The lowest BCUT2D eigenvalue weighted by Gasteiger charge is -2.35. The van der Waals surface area contributed by atoms with Crippen molar-refractivity contribution < 1.29 is 23.7 Å². The van der Waals surface area contributed by atoms with E-state index in [2.05, 4.69) is 54.8 Å². The summed E-state index contributed by atoms with van der Waals surface area (Å²) >= 11 is 0. The van der Waals surface area contributed by atoms with Gasteiger partial charge in [-0.3, -0.25) is 9.52 Å². The Balaban J connectivity index is 1.65. The normalized spacial score (nSPS) is 19.1. The van der Waals surface area contributed by atoms with Crippen LogP contribution >= 0.6 is 0 Å². The molecule has 3 heterocycles. The number of urea groups is 1. The molecule has 1 aromatic heterocycles. The number of aromatic nitrogens is 2. The molecule has 2 atom stereocenters. The molecular weight excluding hydrogens is 554 g/mol. The summed E-state index contributed by atoms with van der Waals surface area (Å²) in [5.74, 6) is 0.500. The number of benzene rings is 1. The van der Waals surface area contributed by atoms with Crippen LogP contribution < -0.4 is 10.6 Å². The van der Waals surface area contributed by atoms with E-state index in [1.165, 1.54) is 5.06 Å². The van der Waals surface area contributed by atoms with E-state index in [0.29, 0.717) is 18.9 Å². The number of hydrogen-bond acceptors (Lipinski definition) is 7. The van der Waals surface area contributed by atoms with Gasteiger partial charge in [-0.1, -0.05) is 56.3 Å². The van der Waals surface area contributed by atoms with Crippen molar-refractivity contribution in [2.75, 3.05) is 20.1 Å². The summed E-state index contributed by atoms with van der Waals surface area (Å²) in [6, 6.07) is 8.54. The molecule has 0 saturated carbocycles. The molecule has 2 bridgehead atoms. The Labute approximate surface area is 249 Å². The summed E-state index contributed by atoms with van der Waals surface area (Å²) in [5.41, 5.74) is 2.02. The number of nitrogens with one attached hydrogen (secondary N) is 2. The molecular formula is C29H45N7O5Si. The average Bonchev–Trinajstić information content (AvgIpc) is 3.43. The lowest BCUT2D eigenvalue weighted by Crippen LogP contribution is -2.45. The number of hydrogen-bond donors (Lipinski definition) is 2. The van der Waals surface area contributed by atoms with Crippen molar-refractivity contribution in [3.63, 3.8) is 0 Å². The van der Waals surface area contributed by atoms with E-state index >= 15 is 0 Å². The van der Waals surface area contributed by atoms with E-state index in [4.69, 9.17) is 14.1 Å². The van der Waals surface area contributed by atoms with Crippen molar-refractivity contribution in [1.29, 1.82) is 0 Å². The quantitative estimate of drug-likeness (QED) is 0.181. The van der Waals surface area contributed by atoms with Crippen LogP contribution in [0.2, 0.25) is 18.1 Å². The number of hydroxylamine groups is 2. The van der Waals surface area contributed by atoms with Crippen molar-refractivity contribution in [3.8, 4) is 0 Å². The first kappa shape index (κ1) is 31.4. The fraction of sp³-hybridized carbons (Fsp3) is 0.586. The van der Waals surface area contributed by atoms with Crippen molar-refractivity contribution >= 4 is 26.3 Å². The predicted octanol–water partition coefficient (Wildman–Crippen LogP) is 4.93. The van der Waals surface area contributed by atoms with Gasteiger partial charge in [-0.25, -0.2) is 9.59 Å². The van der Waals surface area contributed by atoms with Crippen LogP contribution in [0.4, 0.5) is 9.59 Å². The number of ether oxygens (including phenoxy) is 1. The van der Waals surface area contributed by atoms with Crippen LogP contribution in [0.15, 0.2) is 41.7 Å². The highest BCUT2D eigenvalue weighted by Gasteiger charge is 2.52. The summed E-state index contributed by atoms with van der Waals surface area (Å²) in [6.07, 6.45) is 1.27. The molecule has 13 heteroatoms. The first-order valence-corrected chi connectivity index (χ1v) is 17.3. The number of amides is 3. The molecule has 0 radical (unpaired) electrons. The second kappa shape index (κ2) is 12.0. The van der Waals surface area contributed by atoms with Gasteiger partial charge in [0.1, 0.15) is 24.3 Å². The molecule has 0 aliphatic carbocycles. The molecule has 1 saturated heterocycles. The van der Waals surface area contributed by atoms with Gasteiger partial charge in [0.2, 0.25) is 0 Å². The summed E-state index contributed by atoms with van der Waals surface area (Å²) in [7, 11) is -0.470. The zero-order valence-corrected chi connectivity index (χ0v) is 27.2. The summed E-state index contributed by atoms with van der Waals surface area (Å²) in [4.78, 5) is 33.9. The van der Waals surface area contributed by atoms with Crippen molar-refractivity contribution in [3.05, 3.63) is 53.3 Å². The van der Waals surface area contributed by atoms with Gasteiger partial charge in [0.05, 0.1) is 25.0 Å². The van der Waals surface area contributed by atoms with E-state index in [1.54, 1.807) is 18.1 Å². The number of nitrogens with zero attached hydrogens (tertiary/aromatic N) is 5. The van der Waals surface area contributed by atoms with Gasteiger partial charge in [-0.15, -0.1) is 0 Å². The van der Waals surface area contributed by atoms with E-state index in [-0.39, 0.29) is 30.3 Å². The number of alkyl carbamates (subject to hydrolysis) is 1. The molecule has 2 N–H and O–H groups in total. The molecule has 12 nitrogen and oxygen atoms in total. The fourth-order valence-electron chi connectivity index (χ4n) is 4.58. The maximum absolute atomic E-state index is 13.8. The highest BCUT2D eigenvalue weighted by Crippen LogP contribution is 2.45. The number of rotatable bonds is 9. The second-order valence-corrected chi connectivity index (χ2v) is 17.9. The Kier molecular flexibility index (Phi) is 8.93. The monoisotopic (exact) mass is 599 g/mol. The molecule has 0 unspecified atom stereocenters. The van der Waals surface area contributed by atoms with Gasteiger partial charge in [-0.05, 0) is 44.5 Å². The second-order valence-electron chi connectivity index (χ2n) is 13.2. The molecule has 0 spiro atoms. The van der Waals surface area contributed by atoms with Crippen molar-refractivity contribution in [2.24, 2.45) is 5.16 Å². The Bertz CT molecular complexity index is 1300. The largest absolute Gasteiger partial charge is 0.453 e. The smallest absolute Gasteiger partial charge is 0.407 e. The summed E-state index contributed by atoms with van der Waals surface area (Å²) < 4.78 is 13.4. The minimum atomic E-state index is -2.24. The number of amidine groups is 1. The minimum Gasteiger partial charge on any atom is -0.453 e. The molecule has 3 amide bonds. The highest BCUT2D eigenvalue weighted by molar-refractivity contribution is 6.74. The third-order valence-electron chi connectivity index (χ3n) is 7.83. The Morgan fingerprint density at radius 2 is 1.83 bits per heavy atom. The van der Waals surface area contributed by atoms with Gasteiger partial charge < -0.3 is 24.8 Å². The lowest BCUT2D eigenvalue weighted by molar-refractivity contribution is -0.141. The Morgan fingerprint density at radius 3 is 2.45 bits per heavy atom. The standard InChI is InChI=1S/C29H45N7O5Si/c1-28(2,3)40-26(37)31-15-16-35-23-21(17-32-35)22-18-34(27(38)36(22)39-19-20-13-11-10-12-14-20)24(23)25(30-7)33-41-42(8,9)29(4,5)6/h10-14,17,22,24H,15-16,18-19H2,1-9H3,(H,30,33)(H,31,37)/t22-,24+/m1/s1. The first-order chi connectivity index (χ1) is 19.6.